The van der Waals surface area contributed by atoms with Gasteiger partial charge in [-0.05, 0) is 17.7 Å². The van der Waals surface area contributed by atoms with Crippen LogP contribution in [0.2, 0.25) is 0 Å². The molecule has 1 aromatic carbocycles. The molecule has 7 nitrogen and oxygen atoms in total. The molecule has 5 N–H and O–H groups in total. The lowest BCUT2D eigenvalue weighted by molar-refractivity contribution is -0.114. The van der Waals surface area contributed by atoms with Gasteiger partial charge in [0.25, 0.3) is 0 Å². The SMILES string of the molecule is CC(=O)Nc1cccc(CN2CC(O)NS2(O)O)c1. The smallest absolute Gasteiger partial charge is 0.221 e. The number of β-amino-alcohol motifs (C(OH)–C–C–N with tert-alkyl or cyclic N) is 1. The molecule has 19 heavy (non-hydrogen) atoms. The van der Waals surface area contributed by atoms with Gasteiger partial charge in [-0.2, -0.15) is 9.03 Å². The van der Waals surface area contributed by atoms with Gasteiger partial charge in [0.05, 0.1) is 6.54 Å². The van der Waals surface area contributed by atoms with Crippen LogP contribution in [0.4, 0.5) is 5.69 Å². The molecule has 1 atom stereocenters. The number of nitrogens with one attached hydrogen (secondary N) is 2. The van der Waals surface area contributed by atoms with Crippen molar-refractivity contribution in [3.8, 4) is 0 Å². The molecule has 0 radical (unpaired) electrons. The van der Waals surface area contributed by atoms with E-state index in [1.54, 1.807) is 18.2 Å². The van der Waals surface area contributed by atoms with Crippen LogP contribution < -0.4 is 10.0 Å². The summed E-state index contributed by atoms with van der Waals surface area (Å²) in [6, 6.07) is 7.08. The molecule has 1 fully saturated rings. The first kappa shape index (κ1) is 14.3. The fourth-order valence-electron chi connectivity index (χ4n) is 1.90. The molecule has 0 spiro atoms. The first-order valence-electron chi connectivity index (χ1n) is 5.72. The maximum atomic E-state index is 11.0. The Balaban J connectivity index is 2.09. The van der Waals surface area contributed by atoms with E-state index in [9.17, 15) is 19.0 Å². The number of aliphatic hydroxyl groups excluding tert-OH is 1. The van der Waals surface area contributed by atoms with Crippen molar-refractivity contribution in [2.45, 2.75) is 19.7 Å². The molecule has 2 rings (SSSR count). The Bertz CT molecular complexity index is 483. The lowest BCUT2D eigenvalue weighted by Gasteiger charge is -2.35. The minimum absolute atomic E-state index is 0.132. The van der Waals surface area contributed by atoms with Crippen molar-refractivity contribution in [1.82, 2.24) is 9.03 Å². The summed E-state index contributed by atoms with van der Waals surface area (Å²) in [7, 11) is -3.12. The van der Waals surface area contributed by atoms with Crippen molar-refractivity contribution >= 4 is 22.6 Å². The van der Waals surface area contributed by atoms with Crippen LogP contribution in [0.5, 0.6) is 0 Å². The average molecular weight is 287 g/mol. The Morgan fingerprint density at radius 2 is 2.32 bits per heavy atom. The fourth-order valence-corrected chi connectivity index (χ4v) is 3.17. The number of amides is 1. The molecule has 8 heteroatoms. The van der Waals surface area contributed by atoms with Gasteiger partial charge in [0.1, 0.15) is 6.23 Å². The Kier molecular flexibility index (Phi) is 4.09. The second-order valence-electron chi connectivity index (χ2n) is 4.36. The van der Waals surface area contributed by atoms with Gasteiger partial charge < -0.3 is 10.4 Å². The first-order chi connectivity index (χ1) is 8.87. The molecule has 1 amide bonds. The van der Waals surface area contributed by atoms with Gasteiger partial charge in [0, 0.05) is 19.2 Å². The van der Waals surface area contributed by atoms with E-state index in [0.717, 1.165) is 5.56 Å². The van der Waals surface area contributed by atoms with Crippen molar-refractivity contribution in [2.75, 3.05) is 11.9 Å². The van der Waals surface area contributed by atoms with Crippen molar-refractivity contribution in [1.29, 1.82) is 0 Å². The molecule has 0 aliphatic carbocycles. The molecule has 1 saturated heterocycles. The second kappa shape index (κ2) is 5.45. The largest absolute Gasteiger partial charge is 0.376 e. The van der Waals surface area contributed by atoms with Crippen molar-refractivity contribution in [3.05, 3.63) is 29.8 Å². The highest BCUT2D eigenvalue weighted by Gasteiger charge is 2.34. The number of carbonyl (C=O) groups excluding carboxylic acids is 1. The fraction of sp³-hybridized carbons (Fsp3) is 0.364. The molecule has 0 saturated carbocycles. The zero-order chi connectivity index (χ0) is 14.0. The minimum atomic E-state index is -3.12. The number of aliphatic hydroxyl groups is 1. The van der Waals surface area contributed by atoms with Crippen LogP contribution in [0.3, 0.4) is 0 Å². The van der Waals surface area contributed by atoms with Crippen molar-refractivity contribution in [2.24, 2.45) is 0 Å². The van der Waals surface area contributed by atoms with E-state index < -0.39 is 17.2 Å². The van der Waals surface area contributed by atoms with Crippen LogP contribution in [0.25, 0.3) is 0 Å². The Labute approximate surface area is 112 Å². The van der Waals surface area contributed by atoms with Crippen LogP contribution in [-0.4, -0.2) is 37.2 Å². The van der Waals surface area contributed by atoms with E-state index in [2.05, 4.69) is 10.0 Å². The predicted molar refractivity (Wildman–Crippen MR) is 73.1 cm³/mol. The lowest BCUT2D eigenvalue weighted by Crippen LogP contribution is -2.25. The Hall–Kier alpha value is -1.16. The van der Waals surface area contributed by atoms with Gasteiger partial charge in [-0.3, -0.25) is 13.9 Å². The molecular weight excluding hydrogens is 270 g/mol. The van der Waals surface area contributed by atoms with Gasteiger partial charge in [-0.15, -0.1) is 0 Å². The average Bonchev–Trinajstić information content (AvgIpc) is 2.51. The molecule has 1 aliphatic rings. The Morgan fingerprint density at radius 1 is 1.58 bits per heavy atom. The van der Waals surface area contributed by atoms with Crippen LogP contribution in [-0.2, 0) is 11.3 Å². The summed E-state index contributed by atoms with van der Waals surface area (Å²) >= 11 is 0. The zero-order valence-corrected chi connectivity index (χ0v) is 11.2. The highest BCUT2D eigenvalue weighted by molar-refractivity contribution is 8.20. The monoisotopic (exact) mass is 287 g/mol. The van der Waals surface area contributed by atoms with Gasteiger partial charge in [-0.25, -0.2) is 0 Å². The van der Waals surface area contributed by atoms with E-state index in [0.29, 0.717) is 5.69 Å². The predicted octanol–water partition coefficient (Wildman–Crippen LogP) is 0.949. The molecule has 0 bridgehead atoms. The van der Waals surface area contributed by atoms with Crippen LogP contribution in [0, 0.1) is 0 Å². The third-order valence-corrected chi connectivity index (χ3v) is 4.22. The number of benzene rings is 1. The number of anilines is 1. The standard InChI is InChI=1S/C11H17N3O4S/c1-8(15)12-10-4-2-3-9(5-10)6-14-7-11(16)13-19(14,17)18/h2-5,11,13,16-18H,6-7H2,1H3,(H,12,15). The van der Waals surface area contributed by atoms with Gasteiger partial charge in [0.2, 0.25) is 5.91 Å². The molecule has 1 unspecified atom stereocenters. The summed E-state index contributed by atoms with van der Waals surface area (Å²) in [5, 5.41) is 12.0. The number of hydrogen-bond donors (Lipinski definition) is 5. The van der Waals surface area contributed by atoms with E-state index in [1.807, 2.05) is 6.07 Å². The van der Waals surface area contributed by atoms with Gasteiger partial charge >= 0.3 is 0 Å². The molecular formula is C11H17N3O4S. The quantitative estimate of drug-likeness (QED) is 0.567. The van der Waals surface area contributed by atoms with Crippen molar-refractivity contribution in [3.63, 3.8) is 0 Å². The summed E-state index contributed by atoms with van der Waals surface area (Å²) in [6.07, 6.45) is -0.955. The van der Waals surface area contributed by atoms with Crippen LogP contribution >= 0.6 is 11.0 Å². The first-order valence-corrected chi connectivity index (χ1v) is 7.22. The van der Waals surface area contributed by atoms with Gasteiger partial charge in [0.15, 0.2) is 0 Å². The molecule has 0 aromatic heterocycles. The second-order valence-corrected chi connectivity index (χ2v) is 6.15. The van der Waals surface area contributed by atoms with E-state index in [1.165, 1.54) is 11.2 Å². The van der Waals surface area contributed by atoms with E-state index >= 15 is 0 Å². The zero-order valence-electron chi connectivity index (χ0n) is 10.4. The number of carbonyl (C=O) groups is 1. The maximum absolute atomic E-state index is 11.0. The van der Waals surface area contributed by atoms with E-state index in [4.69, 9.17) is 0 Å². The third-order valence-electron chi connectivity index (χ3n) is 2.64. The lowest BCUT2D eigenvalue weighted by atomic mass is 10.2. The molecule has 106 valence electrons. The summed E-state index contributed by atoms with van der Waals surface area (Å²) in [5.74, 6) is -0.167. The summed E-state index contributed by atoms with van der Waals surface area (Å²) in [4.78, 5) is 11.0. The number of nitrogens with zero attached hydrogens (tertiary/aromatic N) is 1. The summed E-state index contributed by atoms with van der Waals surface area (Å²) < 4.78 is 23.1. The highest BCUT2D eigenvalue weighted by Crippen LogP contribution is 2.44. The van der Waals surface area contributed by atoms with Crippen LogP contribution in [0.1, 0.15) is 12.5 Å². The minimum Gasteiger partial charge on any atom is -0.376 e. The topological polar surface area (TPSA) is 105 Å². The van der Waals surface area contributed by atoms with Gasteiger partial charge in [-0.1, -0.05) is 23.1 Å². The molecule has 1 aliphatic heterocycles. The van der Waals surface area contributed by atoms with E-state index in [-0.39, 0.29) is 19.0 Å². The number of hydrogen-bond acceptors (Lipinski definition) is 6. The van der Waals surface area contributed by atoms with Crippen molar-refractivity contribution < 1.29 is 19.0 Å². The number of rotatable bonds is 3. The molecule has 1 aromatic rings. The summed E-state index contributed by atoms with van der Waals surface area (Å²) in [5.41, 5.74) is 1.45. The Morgan fingerprint density at radius 3 is 2.89 bits per heavy atom. The van der Waals surface area contributed by atoms with Crippen LogP contribution in [0.15, 0.2) is 24.3 Å². The third kappa shape index (κ3) is 3.66. The normalized spacial score (nSPS) is 24.1. The molecule has 1 heterocycles. The summed E-state index contributed by atoms with van der Waals surface area (Å²) in [6.45, 7) is 1.82. The maximum Gasteiger partial charge on any atom is 0.221 e. The highest BCUT2D eigenvalue weighted by atomic mass is 32.3.